The lowest BCUT2D eigenvalue weighted by Crippen LogP contribution is -2.08. The molecule has 0 unspecified atom stereocenters. The fourth-order valence-electron chi connectivity index (χ4n) is 2.02. The van der Waals surface area contributed by atoms with E-state index in [0.29, 0.717) is 37.3 Å². The van der Waals surface area contributed by atoms with Crippen molar-refractivity contribution in [3.63, 3.8) is 0 Å². The van der Waals surface area contributed by atoms with Crippen LogP contribution in [0.1, 0.15) is 18.2 Å². The van der Waals surface area contributed by atoms with Gasteiger partial charge in [0.25, 0.3) is 0 Å². The van der Waals surface area contributed by atoms with Crippen LogP contribution in [0, 0.1) is 6.92 Å². The minimum absolute atomic E-state index is 0.334. The zero-order chi connectivity index (χ0) is 16.7. The van der Waals surface area contributed by atoms with Gasteiger partial charge in [-0.1, -0.05) is 6.07 Å². The number of para-hydroxylation sites is 1. The molecule has 0 amide bonds. The molecule has 1 heterocycles. The Morgan fingerprint density at radius 1 is 1.35 bits per heavy atom. The summed E-state index contributed by atoms with van der Waals surface area (Å²) >= 11 is 0. The number of anilines is 1. The molecule has 1 aromatic heterocycles. The summed E-state index contributed by atoms with van der Waals surface area (Å²) in [6.45, 7) is 5.40. The van der Waals surface area contributed by atoms with Gasteiger partial charge in [-0.15, -0.1) is 0 Å². The number of aryl methyl sites for hydroxylation is 1. The Morgan fingerprint density at radius 2 is 2.17 bits per heavy atom. The van der Waals surface area contributed by atoms with Crippen LogP contribution in [0.2, 0.25) is 0 Å². The molecule has 0 radical (unpaired) electrons. The Kier molecular flexibility index (Phi) is 5.99. The number of imidazole rings is 1. The van der Waals surface area contributed by atoms with E-state index < -0.39 is 0 Å². The van der Waals surface area contributed by atoms with Crippen LogP contribution in [-0.4, -0.2) is 42.8 Å². The molecule has 0 saturated carbocycles. The van der Waals surface area contributed by atoms with Gasteiger partial charge in [0.05, 0.1) is 31.8 Å². The monoisotopic (exact) mass is 318 g/mol. The Morgan fingerprint density at radius 3 is 2.83 bits per heavy atom. The molecule has 0 aliphatic rings. The predicted octanol–water partition coefficient (Wildman–Crippen LogP) is 2.08. The second-order valence-corrected chi connectivity index (χ2v) is 4.75. The fourth-order valence-corrected chi connectivity index (χ4v) is 2.02. The van der Waals surface area contributed by atoms with Crippen LogP contribution in [0.3, 0.4) is 0 Å². The lowest BCUT2D eigenvalue weighted by atomic mass is 10.2. The van der Waals surface area contributed by atoms with Crippen LogP contribution >= 0.6 is 0 Å². The topological polar surface area (TPSA) is 83.9 Å². The van der Waals surface area contributed by atoms with E-state index in [4.69, 9.17) is 19.9 Å². The molecule has 1 aromatic carbocycles. The van der Waals surface area contributed by atoms with E-state index in [-0.39, 0.29) is 0 Å². The number of benzene rings is 1. The van der Waals surface area contributed by atoms with Gasteiger partial charge < -0.3 is 19.9 Å². The molecule has 0 aliphatic carbocycles. The van der Waals surface area contributed by atoms with Crippen LogP contribution in [-0.2, 0) is 4.74 Å². The van der Waals surface area contributed by atoms with Crippen molar-refractivity contribution in [1.82, 2.24) is 9.66 Å². The summed E-state index contributed by atoms with van der Waals surface area (Å²) in [4.78, 5) is 4.10. The first-order valence-corrected chi connectivity index (χ1v) is 7.39. The maximum atomic E-state index is 5.79. The number of nitrogens with two attached hydrogens (primary N) is 1. The van der Waals surface area contributed by atoms with Crippen molar-refractivity contribution in [3.8, 4) is 11.5 Å². The molecular weight excluding hydrogens is 296 g/mol. The summed E-state index contributed by atoms with van der Waals surface area (Å²) in [5, 5.41) is 4.31. The smallest absolute Gasteiger partial charge is 0.221 e. The SMILES string of the molecule is CCOCCOc1c(C=Nn2cc(C)nc2N)cccc1OC. The molecular formula is C16H22N4O3. The summed E-state index contributed by atoms with van der Waals surface area (Å²) in [6.07, 6.45) is 3.41. The Balaban J connectivity index is 2.21. The van der Waals surface area contributed by atoms with Crippen LogP contribution < -0.4 is 15.2 Å². The number of methoxy groups -OCH3 is 1. The fraction of sp³-hybridized carbons (Fsp3) is 0.375. The van der Waals surface area contributed by atoms with Crippen molar-refractivity contribution in [2.24, 2.45) is 5.10 Å². The standard InChI is InChI=1S/C16H22N4O3/c1-4-22-8-9-23-15-13(6-5-7-14(15)21-3)10-18-20-11-12(2)19-16(20)17/h5-7,10-11H,4,8-9H2,1-3H3,(H2,17,19). The minimum atomic E-state index is 0.334. The number of hydrogen-bond acceptors (Lipinski definition) is 6. The number of rotatable bonds is 8. The van der Waals surface area contributed by atoms with E-state index in [9.17, 15) is 0 Å². The number of nitrogen functional groups attached to an aromatic ring is 1. The van der Waals surface area contributed by atoms with Crippen LogP contribution in [0.15, 0.2) is 29.5 Å². The average molecular weight is 318 g/mol. The van der Waals surface area contributed by atoms with Gasteiger partial charge in [-0.3, -0.25) is 0 Å². The quantitative estimate of drug-likeness (QED) is 0.595. The Bertz CT molecular complexity index is 667. The van der Waals surface area contributed by atoms with E-state index >= 15 is 0 Å². The highest BCUT2D eigenvalue weighted by molar-refractivity contribution is 5.85. The largest absolute Gasteiger partial charge is 0.493 e. The van der Waals surface area contributed by atoms with Crippen LogP contribution in [0.25, 0.3) is 0 Å². The maximum absolute atomic E-state index is 5.79. The molecule has 2 aromatic rings. The van der Waals surface area contributed by atoms with Gasteiger partial charge in [0, 0.05) is 12.2 Å². The second kappa shape index (κ2) is 8.19. The molecule has 0 spiro atoms. The van der Waals surface area contributed by atoms with E-state index in [0.717, 1.165) is 11.3 Å². The lowest BCUT2D eigenvalue weighted by molar-refractivity contribution is 0.109. The first-order valence-electron chi connectivity index (χ1n) is 7.39. The molecule has 0 fully saturated rings. The third kappa shape index (κ3) is 4.46. The third-order valence-corrected chi connectivity index (χ3v) is 3.06. The van der Waals surface area contributed by atoms with Gasteiger partial charge in [0.15, 0.2) is 11.5 Å². The van der Waals surface area contributed by atoms with Crippen molar-refractivity contribution < 1.29 is 14.2 Å². The van der Waals surface area contributed by atoms with Gasteiger partial charge in [0.1, 0.15) is 6.61 Å². The number of nitrogens with zero attached hydrogens (tertiary/aromatic N) is 3. The summed E-state index contributed by atoms with van der Waals surface area (Å²) in [6, 6.07) is 5.60. The Labute approximate surface area is 135 Å². The van der Waals surface area contributed by atoms with E-state index in [1.54, 1.807) is 19.5 Å². The minimum Gasteiger partial charge on any atom is -0.493 e. The van der Waals surface area contributed by atoms with E-state index in [1.165, 1.54) is 4.68 Å². The van der Waals surface area contributed by atoms with Gasteiger partial charge in [-0.2, -0.15) is 5.10 Å². The van der Waals surface area contributed by atoms with Crippen molar-refractivity contribution in [2.45, 2.75) is 13.8 Å². The average Bonchev–Trinajstić information content (AvgIpc) is 2.87. The summed E-state index contributed by atoms with van der Waals surface area (Å²) in [5.41, 5.74) is 7.37. The van der Waals surface area contributed by atoms with E-state index in [1.807, 2.05) is 32.0 Å². The maximum Gasteiger partial charge on any atom is 0.221 e. The molecule has 0 aliphatic heterocycles. The van der Waals surface area contributed by atoms with Gasteiger partial charge >= 0.3 is 0 Å². The molecule has 7 nitrogen and oxygen atoms in total. The predicted molar refractivity (Wildman–Crippen MR) is 89.4 cm³/mol. The third-order valence-electron chi connectivity index (χ3n) is 3.06. The van der Waals surface area contributed by atoms with E-state index in [2.05, 4.69) is 10.1 Å². The van der Waals surface area contributed by atoms with Gasteiger partial charge in [-0.05, 0) is 26.0 Å². The highest BCUT2D eigenvalue weighted by Crippen LogP contribution is 2.30. The summed E-state index contributed by atoms with van der Waals surface area (Å²) in [7, 11) is 1.60. The molecule has 2 rings (SSSR count). The molecule has 23 heavy (non-hydrogen) atoms. The summed E-state index contributed by atoms with van der Waals surface area (Å²) in [5.74, 6) is 1.59. The highest BCUT2D eigenvalue weighted by Gasteiger charge is 2.09. The van der Waals surface area contributed by atoms with Crippen molar-refractivity contribution in [2.75, 3.05) is 32.7 Å². The van der Waals surface area contributed by atoms with Crippen molar-refractivity contribution in [1.29, 1.82) is 0 Å². The normalized spacial score (nSPS) is 11.1. The molecule has 124 valence electrons. The summed E-state index contributed by atoms with van der Waals surface area (Å²) < 4.78 is 17.9. The first kappa shape index (κ1) is 16.8. The molecule has 2 N–H and O–H groups in total. The van der Waals surface area contributed by atoms with Gasteiger partial charge in [-0.25, -0.2) is 9.66 Å². The zero-order valence-electron chi connectivity index (χ0n) is 13.7. The highest BCUT2D eigenvalue weighted by atomic mass is 16.5. The van der Waals surface area contributed by atoms with Crippen LogP contribution in [0.5, 0.6) is 11.5 Å². The number of aromatic nitrogens is 2. The van der Waals surface area contributed by atoms with Crippen LogP contribution in [0.4, 0.5) is 5.95 Å². The first-order chi connectivity index (χ1) is 11.2. The molecule has 0 atom stereocenters. The zero-order valence-corrected chi connectivity index (χ0v) is 13.7. The molecule has 0 bridgehead atoms. The molecule has 7 heteroatoms. The Hall–Kier alpha value is -2.54. The molecule has 0 saturated heterocycles. The van der Waals surface area contributed by atoms with Gasteiger partial charge in [0.2, 0.25) is 5.95 Å². The second-order valence-electron chi connectivity index (χ2n) is 4.75. The van der Waals surface area contributed by atoms with Crippen molar-refractivity contribution in [3.05, 3.63) is 35.7 Å². The lowest BCUT2D eigenvalue weighted by Gasteiger charge is -2.13. The van der Waals surface area contributed by atoms with Crippen molar-refractivity contribution >= 4 is 12.2 Å². The number of hydrogen-bond donors (Lipinski definition) is 1. The number of ether oxygens (including phenoxy) is 3.